The molecular formula is C23H24ClN3O. The number of amides is 1. The molecule has 0 radical (unpaired) electrons. The van der Waals surface area contributed by atoms with E-state index < -0.39 is 0 Å². The van der Waals surface area contributed by atoms with E-state index >= 15 is 0 Å². The van der Waals surface area contributed by atoms with Gasteiger partial charge in [-0.25, -0.2) is 4.98 Å². The van der Waals surface area contributed by atoms with Crippen molar-refractivity contribution in [1.29, 1.82) is 0 Å². The summed E-state index contributed by atoms with van der Waals surface area (Å²) in [5.41, 5.74) is 3.09. The van der Waals surface area contributed by atoms with Gasteiger partial charge in [-0.05, 0) is 50.6 Å². The van der Waals surface area contributed by atoms with Gasteiger partial charge < -0.3 is 10.2 Å². The minimum atomic E-state index is 0.0785. The molecular weight excluding hydrogens is 370 g/mol. The van der Waals surface area contributed by atoms with Crippen LogP contribution in [-0.2, 0) is 0 Å². The predicted molar refractivity (Wildman–Crippen MR) is 115 cm³/mol. The first-order valence-corrected chi connectivity index (χ1v) is 10.1. The Labute approximate surface area is 170 Å². The van der Waals surface area contributed by atoms with E-state index in [1.807, 2.05) is 66.5 Å². The van der Waals surface area contributed by atoms with Crippen LogP contribution in [0.5, 0.6) is 0 Å². The van der Waals surface area contributed by atoms with Crippen LogP contribution in [0.2, 0.25) is 5.02 Å². The van der Waals surface area contributed by atoms with Gasteiger partial charge in [0.1, 0.15) is 0 Å². The third-order valence-electron chi connectivity index (χ3n) is 5.49. The molecule has 1 N–H and O–H groups in total. The summed E-state index contributed by atoms with van der Waals surface area (Å²) < 4.78 is 0. The molecule has 1 aliphatic heterocycles. The first-order valence-electron chi connectivity index (χ1n) is 9.76. The topological polar surface area (TPSA) is 45.2 Å². The van der Waals surface area contributed by atoms with Crippen LogP contribution in [0.25, 0.3) is 22.2 Å². The largest absolute Gasteiger partial charge is 0.339 e. The second-order valence-corrected chi connectivity index (χ2v) is 7.75. The highest BCUT2D eigenvalue weighted by atomic mass is 35.5. The van der Waals surface area contributed by atoms with Crippen LogP contribution in [0.3, 0.4) is 0 Å². The molecule has 0 atom stereocenters. The number of carbonyl (C=O) groups excluding carboxylic acids is 1. The number of fused-ring (bicyclic) bond motifs is 1. The normalized spacial score (nSPS) is 15.1. The minimum absolute atomic E-state index is 0.0785. The first kappa shape index (κ1) is 18.9. The second kappa shape index (κ2) is 8.29. The van der Waals surface area contributed by atoms with Crippen molar-refractivity contribution in [1.82, 2.24) is 15.2 Å². The Bertz CT molecular complexity index is 996. The van der Waals surface area contributed by atoms with E-state index in [4.69, 9.17) is 16.6 Å². The fourth-order valence-corrected chi connectivity index (χ4v) is 4.19. The number of nitrogens with zero attached hydrogens (tertiary/aromatic N) is 2. The van der Waals surface area contributed by atoms with Gasteiger partial charge in [-0.15, -0.1) is 0 Å². The molecule has 1 fully saturated rings. The summed E-state index contributed by atoms with van der Waals surface area (Å²) in [6.07, 6.45) is 2.07. The standard InChI is InChI=1S/C23H24ClN3O/c1-25-15-16-10-12-27(13-11-16)23(28)19-14-22(18-7-2-4-8-20(18)24)26-21-9-5-3-6-17(19)21/h2-9,14,16,25H,10-13,15H2,1H3. The van der Waals surface area contributed by atoms with Crippen molar-refractivity contribution in [2.75, 3.05) is 26.7 Å². The quantitative estimate of drug-likeness (QED) is 0.703. The van der Waals surface area contributed by atoms with Crippen molar-refractivity contribution < 1.29 is 4.79 Å². The van der Waals surface area contributed by atoms with E-state index in [0.717, 1.165) is 54.6 Å². The van der Waals surface area contributed by atoms with Crippen molar-refractivity contribution in [3.05, 3.63) is 65.2 Å². The molecule has 144 valence electrons. The summed E-state index contributed by atoms with van der Waals surface area (Å²) in [5, 5.41) is 4.77. The number of nitrogens with one attached hydrogen (secondary N) is 1. The molecule has 1 aliphatic rings. The summed E-state index contributed by atoms with van der Waals surface area (Å²) in [6, 6.07) is 17.3. The number of pyridine rings is 1. The van der Waals surface area contributed by atoms with E-state index in [1.54, 1.807) is 0 Å². The van der Waals surface area contributed by atoms with Crippen molar-refractivity contribution in [2.24, 2.45) is 5.92 Å². The number of benzene rings is 2. The Morgan fingerprint density at radius 2 is 1.86 bits per heavy atom. The zero-order valence-electron chi connectivity index (χ0n) is 16.0. The molecule has 0 spiro atoms. The fourth-order valence-electron chi connectivity index (χ4n) is 3.96. The van der Waals surface area contributed by atoms with Crippen LogP contribution in [0.15, 0.2) is 54.6 Å². The van der Waals surface area contributed by atoms with Gasteiger partial charge in [0.15, 0.2) is 0 Å². The molecule has 0 bridgehead atoms. The van der Waals surface area contributed by atoms with E-state index in [-0.39, 0.29) is 5.91 Å². The number of aromatic nitrogens is 1. The molecule has 3 aromatic rings. The number of piperidine rings is 1. The monoisotopic (exact) mass is 393 g/mol. The van der Waals surface area contributed by atoms with Gasteiger partial charge in [0.2, 0.25) is 0 Å². The molecule has 0 saturated carbocycles. The van der Waals surface area contributed by atoms with E-state index in [2.05, 4.69) is 5.32 Å². The van der Waals surface area contributed by atoms with Gasteiger partial charge in [-0.2, -0.15) is 0 Å². The molecule has 2 aromatic carbocycles. The van der Waals surface area contributed by atoms with Gasteiger partial charge >= 0.3 is 0 Å². The Hall–Kier alpha value is -2.43. The van der Waals surface area contributed by atoms with Crippen molar-refractivity contribution in [3.63, 3.8) is 0 Å². The van der Waals surface area contributed by atoms with Crippen LogP contribution in [0, 0.1) is 5.92 Å². The van der Waals surface area contributed by atoms with E-state index in [0.29, 0.717) is 16.5 Å². The van der Waals surface area contributed by atoms with Crippen LogP contribution in [0.1, 0.15) is 23.2 Å². The summed E-state index contributed by atoms with van der Waals surface area (Å²) in [6.45, 7) is 2.60. The molecule has 4 rings (SSSR count). The number of carbonyl (C=O) groups is 1. The highest BCUT2D eigenvalue weighted by Gasteiger charge is 2.25. The lowest BCUT2D eigenvalue weighted by Gasteiger charge is -2.32. The average Bonchev–Trinajstić information content (AvgIpc) is 2.73. The zero-order valence-corrected chi connectivity index (χ0v) is 16.7. The van der Waals surface area contributed by atoms with Crippen molar-refractivity contribution >= 4 is 28.4 Å². The van der Waals surface area contributed by atoms with Gasteiger partial charge in [0, 0.05) is 29.1 Å². The lowest BCUT2D eigenvalue weighted by Crippen LogP contribution is -2.40. The van der Waals surface area contributed by atoms with Crippen molar-refractivity contribution in [3.8, 4) is 11.3 Å². The molecule has 2 heterocycles. The van der Waals surface area contributed by atoms with Crippen LogP contribution in [0.4, 0.5) is 0 Å². The third kappa shape index (κ3) is 3.75. The Kier molecular flexibility index (Phi) is 5.60. The van der Waals surface area contributed by atoms with Gasteiger partial charge in [0.05, 0.1) is 16.8 Å². The highest BCUT2D eigenvalue weighted by Crippen LogP contribution is 2.31. The van der Waals surface area contributed by atoms with Crippen LogP contribution in [-0.4, -0.2) is 42.5 Å². The summed E-state index contributed by atoms with van der Waals surface area (Å²) in [5.74, 6) is 0.719. The predicted octanol–water partition coefficient (Wildman–Crippen LogP) is 4.63. The number of hydrogen-bond donors (Lipinski definition) is 1. The first-order chi connectivity index (χ1) is 13.7. The second-order valence-electron chi connectivity index (χ2n) is 7.35. The SMILES string of the molecule is CNCC1CCN(C(=O)c2cc(-c3ccccc3Cl)nc3ccccc23)CC1. The maximum absolute atomic E-state index is 13.4. The highest BCUT2D eigenvalue weighted by molar-refractivity contribution is 6.33. The number of para-hydroxylation sites is 1. The van der Waals surface area contributed by atoms with Gasteiger partial charge in [-0.1, -0.05) is 48.0 Å². The van der Waals surface area contributed by atoms with Gasteiger partial charge in [-0.3, -0.25) is 4.79 Å². The summed E-state index contributed by atoms with van der Waals surface area (Å²) in [4.78, 5) is 20.1. The third-order valence-corrected chi connectivity index (χ3v) is 5.82. The van der Waals surface area contributed by atoms with Crippen LogP contribution >= 0.6 is 11.6 Å². The molecule has 4 nitrogen and oxygen atoms in total. The smallest absolute Gasteiger partial charge is 0.254 e. The van der Waals surface area contributed by atoms with Crippen molar-refractivity contribution in [2.45, 2.75) is 12.8 Å². The summed E-state index contributed by atoms with van der Waals surface area (Å²) >= 11 is 6.40. The Morgan fingerprint density at radius 1 is 1.14 bits per heavy atom. The Balaban J connectivity index is 1.72. The molecule has 0 aliphatic carbocycles. The lowest BCUT2D eigenvalue weighted by molar-refractivity contribution is 0.0693. The number of hydrogen-bond acceptors (Lipinski definition) is 3. The molecule has 1 aromatic heterocycles. The molecule has 28 heavy (non-hydrogen) atoms. The maximum Gasteiger partial charge on any atom is 0.254 e. The zero-order chi connectivity index (χ0) is 19.5. The van der Waals surface area contributed by atoms with E-state index in [9.17, 15) is 4.79 Å². The number of rotatable bonds is 4. The molecule has 0 unspecified atom stereocenters. The molecule has 1 amide bonds. The molecule has 1 saturated heterocycles. The summed E-state index contributed by atoms with van der Waals surface area (Å²) in [7, 11) is 1.98. The molecule has 5 heteroatoms. The number of halogens is 1. The van der Waals surface area contributed by atoms with E-state index in [1.165, 1.54) is 0 Å². The number of likely N-dealkylation sites (tertiary alicyclic amines) is 1. The maximum atomic E-state index is 13.4. The van der Waals surface area contributed by atoms with Crippen LogP contribution < -0.4 is 5.32 Å². The minimum Gasteiger partial charge on any atom is -0.339 e. The van der Waals surface area contributed by atoms with Gasteiger partial charge in [0.25, 0.3) is 5.91 Å². The lowest BCUT2D eigenvalue weighted by atomic mass is 9.95. The Morgan fingerprint density at radius 3 is 2.61 bits per heavy atom. The average molecular weight is 394 g/mol. The fraction of sp³-hybridized carbons (Fsp3) is 0.304.